The van der Waals surface area contributed by atoms with Crippen molar-refractivity contribution in [2.75, 3.05) is 12.9 Å². The Morgan fingerprint density at radius 3 is 3.00 bits per heavy atom. The van der Waals surface area contributed by atoms with E-state index in [-0.39, 0.29) is 12.4 Å². The number of thioether (sulfide) groups is 1. The standard InChI is InChI=1S/C18H19N3O2S2/c1-11-15(8-16(22)23-2)25-17(19-11)20-18-21-9-13-6-4-3-5-12(13)7-14(21)10-24-18/h3-6,14H,7-10H2,1-2H3. The molecule has 2 aliphatic heterocycles. The predicted molar refractivity (Wildman–Crippen MR) is 102 cm³/mol. The second-order valence-electron chi connectivity index (χ2n) is 6.22. The topological polar surface area (TPSA) is 54.8 Å². The number of hydrogen-bond acceptors (Lipinski definition) is 6. The number of aliphatic imine (C=N–C) groups is 1. The first kappa shape index (κ1) is 16.6. The van der Waals surface area contributed by atoms with Gasteiger partial charge < -0.3 is 9.64 Å². The number of aryl methyl sites for hydroxylation is 1. The maximum absolute atomic E-state index is 11.5. The Kier molecular flexibility index (Phi) is 4.52. The van der Waals surface area contributed by atoms with Gasteiger partial charge in [-0.15, -0.1) is 0 Å². The van der Waals surface area contributed by atoms with Crippen LogP contribution in [0.5, 0.6) is 0 Å². The number of ether oxygens (including phenoxy) is 1. The van der Waals surface area contributed by atoms with Crippen LogP contribution in [0, 0.1) is 6.92 Å². The number of amidine groups is 1. The number of aromatic nitrogens is 1. The van der Waals surface area contributed by atoms with Crippen LogP contribution < -0.4 is 0 Å². The second kappa shape index (κ2) is 6.80. The monoisotopic (exact) mass is 373 g/mol. The van der Waals surface area contributed by atoms with E-state index in [0.717, 1.165) is 39.6 Å². The smallest absolute Gasteiger partial charge is 0.310 e. The fourth-order valence-electron chi connectivity index (χ4n) is 3.22. The van der Waals surface area contributed by atoms with Crippen molar-refractivity contribution in [1.82, 2.24) is 9.88 Å². The number of benzene rings is 1. The second-order valence-corrected chi connectivity index (χ2v) is 8.27. The summed E-state index contributed by atoms with van der Waals surface area (Å²) in [7, 11) is 1.41. The summed E-state index contributed by atoms with van der Waals surface area (Å²) in [5, 5.41) is 1.76. The summed E-state index contributed by atoms with van der Waals surface area (Å²) in [5.41, 5.74) is 3.70. The Bertz CT molecular complexity index is 847. The molecule has 0 spiro atoms. The zero-order valence-corrected chi connectivity index (χ0v) is 15.8. The van der Waals surface area contributed by atoms with Gasteiger partial charge in [0, 0.05) is 23.2 Å². The molecule has 1 aromatic carbocycles. The van der Waals surface area contributed by atoms with Crippen molar-refractivity contribution < 1.29 is 9.53 Å². The van der Waals surface area contributed by atoms with Crippen LogP contribution in [0.1, 0.15) is 21.7 Å². The van der Waals surface area contributed by atoms with Gasteiger partial charge in [-0.25, -0.2) is 4.98 Å². The molecule has 0 amide bonds. The lowest BCUT2D eigenvalue weighted by atomic mass is 9.95. The molecule has 0 radical (unpaired) electrons. The molecule has 7 heteroatoms. The van der Waals surface area contributed by atoms with Crippen LogP contribution in [0.25, 0.3) is 0 Å². The first-order valence-electron chi connectivity index (χ1n) is 8.22. The third kappa shape index (κ3) is 3.30. The summed E-state index contributed by atoms with van der Waals surface area (Å²) >= 11 is 3.27. The van der Waals surface area contributed by atoms with Gasteiger partial charge in [-0.05, 0) is 24.5 Å². The van der Waals surface area contributed by atoms with E-state index in [2.05, 4.69) is 34.1 Å². The number of hydrogen-bond donors (Lipinski definition) is 0. The fraction of sp³-hybridized carbons (Fsp3) is 0.389. The maximum atomic E-state index is 11.5. The summed E-state index contributed by atoms with van der Waals surface area (Å²) in [4.78, 5) is 24.1. The lowest BCUT2D eigenvalue weighted by Gasteiger charge is -2.32. The van der Waals surface area contributed by atoms with Crippen LogP contribution in [0.15, 0.2) is 29.3 Å². The highest BCUT2D eigenvalue weighted by Crippen LogP contribution is 2.36. The average molecular weight is 374 g/mol. The lowest BCUT2D eigenvalue weighted by Crippen LogP contribution is -2.38. The number of carbonyl (C=O) groups is 1. The number of methoxy groups -OCH3 is 1. The van der Waals surface area contributed by atoms with E-state index in [4.69, 9.17) is 9.73 Å². The Morgan fingerprint density at radius 2 is 2.20 bits per heavy atom. The summed E-state index contributed by atoms with van der Waals surface area (Å²) in [5.74, 6) is 0.820. The Morgan fingerprint density at radius 1 is 1.40 bits per heavy atom. The highest BCUT2D eigenvalue weighted by Gasteiger charge is 2.34. The van der Waals surface area contributed by atoms with E-state index < -0.39 is 0 Å². The van der Waals surface area contributed by atoms with Gasteiger partial charge in [0.15, 0.2) is 5.17 Å². The predicted octanol–water partition coefficient (Wildman–Crippen LogP) is 3.33. The van der Waals surface area contributed by atoms with Crippen LogP contribution in [0.4, 0.5) is 5.13 Å². The molecule has 3 heterocycles. The van der Waals surface area contributed by atoms with E-state index in [1.165, 1.54) is 29.6 Å². The number of rotatable bonds is 3. The van der Waals surface area contributed by atoms with Gasteiger partial charge in [0.2, 0.25) is 5.13 Å². The lowest BCUT2D eigenvalue weighted by molar-refractivity contribution is -0.139. The van der Waals surface area contributed by atoms with Crippen LogP contribution >= 0.6 is 23.1 Å². The Labute approximate surface area is 155 Å². The number of carbonyl (C=O) groups excluding carboxylic acids is 1. The van der Waals surface area contributed by atoms with Crippen LogP contribution in [0.2, 0.25) is 0 Å². The first-order valence-corrected chi connectivity index (χ1v) is 10.0. The highest BCUT2D eigenvalue weighted by atomic mass is 32.2. The van der Waals surface area contributed by atoms with Crippen LogP contribution in [0.3, 0.4) is 0 Å². The summed E-state index contributed by atoms with van der Waals surface area (Å²) in [6.45, 7) is 2.83. The van der Waals surface area contributed by atoms with Crippen molar-refractivity contribution in [2.24, 2.45) is 4.99 Å². The minimum Gasteiger partial charge on any atom is -0.469 e. The molecule has 130 valence electrons. The molecule has 1 saturated heterocycles. The Hall–Kier alpha value is -1.86. The minimum absolute atomic E-state index is 0.242. The first-order chi connectivity index (χ1) is 12.1. The van der Waals surface area contributed by atoms with Crippen molar-refractivity contribution >= 4 is 39.4 Å². The van der Waals surface area contributed by atoms with E-state index >= 15 is 0 Å². The molecule has 4 rings (SSSR count). The molecule has 2 aliphatic rings. The molecule has 0 N–H and O–H groups in total. The van der Waals surface area contributed by atoms with Gasteiger partial charge in [-0.1, -0.05) is 47.4 Å². The maximum Gasteiger partial charge on any atom is 0.310 e. The van der Waals surface area contributed by atoms with E-state index in [9.17, 15) is 4.79 Å². The quantitative estimate of drug-likeness (QED) is 0.773. The van der Waals surface area contributed by atoms with Crippen molar-refractivity contribution in [3.05, 3.63) is 46.0 Å². The third-order valence-electron chi connectivity index (χ3n) is 4.61. The van der Waals surface area contributed by atoms with Crippen LogP contribution in [-0.2, 0) is 28.9 Å². The molecule has 0 aliphatic carbocycles. The molecule has 25 heavy (non-hydrogen) atoms. The zero-order chi connectivity index (χ0) is 17.4. The van der Waals surface area contributed by atoms with Gasteiger partial charge in [0.05, 0.1) is 19.2 Å². The van der Waals surface area contributed by atoms with Crippen molar-refractivity contribution in [3.63, 3.8) is 0 Å². The zero-order valence-electron chi connectivity index (χ0n) is 14.2. The van der Waals surface area contributed by atoms with Gasteiger partial charge >= 0.3 is 5.97 Å². The average Bonchev–Trinajstić information content (AvgIpc) is 3.16. The number of fused-ring (bicyclic) bond motifs is 2. The third-order valence-corrected chi connectivity index (χ3v) is 6.80. The molecule has 1 unspecified atom stereocenters. The largest absolute Gasteiger partial charge is 0.469 e. The van der Waals surface area contributed by atoms with E-state index in [0.29, 0.717) is 6.04 Å². The molecule has 1 fully saturated rings. The minimum atomic E-state index is -0.242. The van der Waals surface area contributed by atoms with E-state index in [1.807, 2.05) is 6.92 Å². The molecule has 2 aromatic rings. The van der Waals surface area contributed by atoms with Crippen molar-refractivity contribution in [3.8, 4) is 0 Å². The van der Waals surface area contributed by atoms with Gasteiger partial charge in [0.25, 0.3) is 0 Å². The summed E-state index contributed by atoms with van der Waals surface area (Å²) < 4.78 is 4.75. The fourth-order valence-corrected chi connectivity index (χ4v) is 5.37. The molecule has 1 atom stereocenters. The van der Waals surface area contributed by atoms with Crippen LogP contribution in [-0.4, -0.2) is 39.9 Å². The number of esters is 1. The van der Waals surface area contributed by atoms with Gasteiger partial charge in [-0.2, -0.15) is 4.99 Å². The summed E-state index contributed by atoms with van der Waals surface area (Å²) in [6.07, 6.45) is 1.34. The van der Waals surface area contributed by atoms with Gasteiger partial charge in [0.1, 0.15) is 0 Å². The molecule has 0 bridgehead atoms. The molecule has 5 nitrogen and oxygen atoms in total. The molecule has 1 aromatic heterocycles. The number of nitrogens with zero attached hydrogens (tertiary/aromatic N) is 3. The van der Waals surface area contributed by atoms with E-state index in [1.54, 1.807) is 11.8 Å². The van der Waals surface area contributed by atoms with Gasteiger partial charge in [-0.3, -0.25) is 4.79 Å². The number of thiazole rings is 1. The van der Waals surface area contributed by atoms with Crippen molar-refractivity contribution in [2.45, 2.75) is 32.4 Å². The molecule has 0 saturated carbocycles. The van der Waals surface area contributed by atoms with Crippen molar-refractivity contribution in [1.29, 1.82) is 0 Å². The summed E-state index contributed by atoms with van der Waals surface area (Å²) in [6, 6.07) is 9.16. The highest BCUT2D eigenvalue weighted by molar-refractivity contribution is 8.14. The Balaban J connectivity index is 1.57. The SMILES string of the molecule is COC(=O)Cc1sc(N=C2SCC3Cc4ccccc4CN23)nc1C. The molecular weight excluding hydrogens is 354 g/mol. The normalized spacial score (nSPS) is 20.5. The molecular formula is C18H19N3O2S2.